The summed E-state index contributed by atoms with van der Waals surface area (Å²) in [5.41, 5.74) is 6.37. The Morgan fingerprint density at radius 3 is 2.70 bits per heavy atom. The maximum atomic E-state index is 12.8. The zero-order chi connectivity index (χ0) is 22.5. The number of methoxy groups -OCH3 is 1. The molecule has 7 nitrogen and oxygen atoms in total. The number of carbonyl (C=O) groups excluding carboxylic acids is 1. The third-order valence-electron chi connectivity index (χ3n) is 6.71. The molecule has 0 unspecified atom stereocenters. The summed E-state index contributed by atoms with van der Waals surface area (Å²) in [6.45, 7) is 4.91. The molecule has 7 heteroatoms. The first-order valence-corrected chi connectivity index (χ1v) is 11.5. The Labute approximate surface area is 191 Å². The second-order valence-electron chi connectivity index (χ2n) is 8.80. The van der Waals surface area contributed by atoms with Gasteiger partial charge < -0.3 is 14.4 Å². The molecule has 2 aromatic heterocycles. The van der Waals surface area contributed by atoms with Gasteiger partial charge in [0.15, 0.2) is 0 Å². The van der Waals surface area contributed by atoms with E-state index in [-0.39, 0.29) is 5.97 Å². The van der Waals surface area contributed by atoms with Gasteiger partial charge in [-0.05, 0) is 49.4 Å². The summed E-state index contributed by atoms with van der Waals surface area (Å²) in [6.07, 6.45) is 4.37. The van der Waals surface area contributed by atoms with Gasteiger partial charge in [-0.2, -0.15) is 0 Å². The van der Waals surface area contributed by atoms with E-state index in [9.17, 15) is 4.79 Å². The number of aryl methyl sites for hydroxylation is 1. The molecule has 0 N–H and O–H groups in total. The molecule has 4 aromatic rings. The molecule has 0 amide bonds. The molecular weight excluding hydrogens is 416 g/mol. The Kier molecular flexibility index (Phi) is 4.80. The molecule has 0 spiro atoms. The Morgan fingerprint density at radius 1 is 1.15 bits per heavy atom. The molecule has 2 fully saturated rings. The average molecular weight is 443 g/mol. The molecule has 0 radical (unpaired) electrons. The van der Waals surface area contributed by atoms with Gasteiger partial charge >= 0.3 is 5.97 Å². The van der Waals surface area contributed by atoms with Gasteiger partial charge in [-0.25, -0.2) is 9.78 Å². The molecule has 6 rings (SSSR count). The first-order chi connectivity index (χ1) is 16.2. The van der Waals surface area contributed by atoms with E-state index >= 15 is 0 Å². The van der Waals surface area contributed by atoms with Gasteiger partial charge in [0.1, 0.15) is 11.3 Å². The van der Waals surface area contributed by atoms with Crippen LogP contribution in [0.5, 0.6) is 0 Å². The van der Waals surface area contributed by atoms with Crippen molar-refractivity contribution >= 4 is 33.6 Å². The van der Waals surface area contributed by atoms with Crippen LogP contribution < -0.4 is 4.90 Å². The highest BCUT2D eigenvalue weighted by atomic mass is 16.5. The fourth-order valence-electron chi connectivity index (χ4n) is 4.92. The first-order valence-electron chi connectivity index (χ1n) is 11.5. The van der Waals surface area contributed by atoms with Crippen LogP contribution in [0.4, 0.5) is 5.69 Å². The number of aromatic nitrogens is 3. The zero-order valence-electron chi connectivity index (χ0n) is 18.9. The lowest BCUT2D eigenvalue weighted by atomic mass is 10.0. The maximum absolute atomic E-state index is 12.8. The van der Waals surface area contributed by atoms with Crippen LogP contribution in [-0.2, 0) is 9.47 Å². The van der Waals surface area contributed by atoms with Crippen molar-refractivity contribution in [1.29, 1.82) is 0 Å². The third-order valence-corrected chi connectivity index (χ3v) is 6.71. The molecule has 1 aliphatic carbocycles. The summed E-state index contributed by atoms with van der Waals surface area (Å²) in [6, 6.07) is 12.3. The number of imidazole rings is 1. The topological polar surface area (TPSA) is 69.5 Å². The molecule has 2 aromatic carbocycles. The molecular formula is C26H26N4O3. The van der Waals surface area contributed by atoms with Crippen molar-refractivity contribution in [3.05, 3.63) is 59.5 Å². The van der Waals surface area contributed by atoms with Crippen molar-refractivity contribution in [2.45, 2.75) is 25.7 Å². The number of nitrogens with zero attached hydrogens (tertiary/aromatic N) is 4. The Hall–Kier alpha value is -3.45. The number of anilines is 1. The lowest BCUT2D eigenvalue weighted by Gasteiger charge is -2.29. The fourth-order valence-corrected chi connectivity index (χ4v) is 4.92. The number of benzene rings is 2. The van der Waals surface area contributed by atoms with Gasteiger partial charge in [0, 0.05) is 30.4 Å². The van der Waals surface area contributed by atoms with E-state index in [0.29, 0.717) is 30.2 Å². The molecule has 1 saturated heterocycles. The number of carbonyl (C=O) groups is 1. The summed E-state index contributed by atoms with van der Waals surface area (Å²) in [5, 5.41) is 1.10. The highest BCUT2D eigenvalue weighted by molar-refractivity contribution is 6.05. The molecule has 3 heterocycles. The Morgan fingerprint density at radius 2 is 1.94 bits per heavy atom. The number of ether oxygens (including phenoxy) is 2. The SMILES string of the molecule is COC(=O)c1cc(N2CCOCC2)cc2c1nc(C)n2-c1c(C2CC2)cnc2ccccc12. The Balaban J connectivity index is 1.67. The number of morpholine rings is 1. The van der Waals surface area contributed by atoms with Crippen molar-refractivity contribution in [2.75, 3.05) is 38.3 Å². The molecule has 1 aliphatic heterocycles. The number of esters is 1. The maximum Gasteiger partial charge on any atom is 0.340 e. The first kappa shape index (κ1) is 20.2. The van der Waals surface area contributed by atoms with E-state index in [0.717, 1.165) is 46.7 Å². The third kappa shape index (κ3) is 3.35. The van der Waals surface area contributed by atoms with Crippen LogP contribution in [-0.4, -0.2) is 53.9 Å². The van der Waals surface area contributed by atoms with E-state index in [1.165, 1.54) is 25.5 Å². The minimum atomic E-state index is -0.373. The van der Waals surface area contributed by atoms with E-state index < -0.39 is 0 Å². The summed E-state index contributed by atoms with van der Waals surface area (Å²) in [5.74, 6) is 0.978. The zero-order valence-corrected chi connectivity index (χ0v) is 18.9. The van der Waals surface area contributed by atoms with Crippen LogP contribution in [0.2, 0.25) is 0 Å². The second-order valence-corrected chi connectivity index (χ2v) is 8.80. The van der Waals surface area contributed by atoms with Crippen LogP contribution in [0.25, 0.3) is 27.6 Å². The van der Waals surface area contributed by atoms with Crippen LogP contribution >= 0.6 is 0 Å². The molecule has 2 aliphatic rings. The summed E-state index contributed by atoms with van der Waals surface area (Å²) in [7, 11) is 1.42. The lowest BCUT2D eigenvalue weighted by Crippen LogP contribution is -2.36. The van der Waals surface area contributed by atoms with Crippen molar-refractivity contribution in [1.82, 2.24) is 14.5 Å². The molecule has 0 atom stereocenters. The quantitative estimate of drug-likeness (QED) is 0.437. The normalized spacial score (nSPS) is 16.5. The minimum Gasteiger partial charge on any atom is -0.465 e. The largest absolute Gasteiger partial charge is 0.465 e. The standard InChI is InChI=1S/C26H26N4O3/c1-16-28-24-20(26(31)32-2)13-18(29-9-11-33-12-10-29)14-23(24)30(16)25-19-5-3-4-6-22(19)27-15-21(25)17-7-8-17/h3-6,13-15,17H,7-12H2,1-2H3. The van der Waals surface area contributed by atoms with Gasteiger partial charge in [-0.15, -0.1) is 0 Å². The predicted octanol–water partition coefficient (Wildman–Crippen LogP) is 4.38. The van der Waals surface area contributed by atoms with E-state index in [1.807, 2.05) is 31.3 Å². The van der Waals surface area contributed by atoms with Gasteiger partial charge in [0.25, 0.3) is 0 Å². The number of rotatable bonds is 4. The summed E-state index contributed by atoms with van der Waals surface area (Å²) >= 11 is 0. The average Bonchev–Trinajstić information content (AvgIpc) is 3.65. The van der Waals surface area contributed by atoms with Gasteiger partial charge in [0.05, 0.1) is 42.6 Å². The Bertz CT molecular complexity index is 1380. The van der Waals surface area contributed by atoms with Crippen molar-refractivity contribution < 1.29 is 14.3 Å². The molecule has 33 heavy (non-hydrogen) atoms. The van der Waals surface area contributed by atoms with Crippen LogP contribution in [0.1, 0.15) is 40.5 Å². The molecule has 1 saturated carbocycles. The summed E-state index contributed by atoms with van der Waals surface area (Å²) in [4.78, 5) is 24.7. The predicted molar refractivity (Wildman–Crippen MR) is 127 cm³/mol. The fraction of sp³-hybridized carbons (Fsp3) is 0.346. The van der Waals surface area contributed by atoms with E-state index in [1.54, 1.807) is 0 Å². The van der Waals surface area contributed by atoms with Crippen molar-refractivity contribution in [2.24, 2.45) is 0 Å². The van der Waals surface area contributed by atoms with Crippen LogP contribution in [0.3, 0.4) is 0 Å². The van der Waals surface area contributed by atoms with Crippen LogP contribution in [0.15, 0.2) is 42.6 Å². The highest BCUT2D eigenvalue weighted by Gasteiger charge is 2.30. The number of fused-ring (bicyclic) bond motifs is 2. The highest BCUT2D eigenvalue weighted by Crippen LogP contribution is 2.45. The van der Waals surface area contributed by atoms with Crippen molar-refractivity contribution in [3.8, 4) is 5.69 Å². The van der Waals surface area contributed by atoms with Gasteiger partial charge in [0.2, 0.25) is 0 Å². The van der Waals surface area contributed by atoms with E-state index in [4.69, 9.17) is 19.4 Å². The lowest BCUT2D eigenvalue weighted by molar-refractivity contribution is 0.0603. The van der Waals surface area contributed by atoms with Gasteiger partial charge in [-0.3, -0.25) is 9.55 Å². The monoisotopic (exact) mass is 442 g/mol. The molecule has 0 bridgehead atoms. The smallest absolute Gasteiger partial charge is 0.340 e. The van der Waals surface area contributed by atoms with Crippen LogP contribution in [0, 0.1) is 6.92 Å². The number of hydrogen-bond donors (Lipinski definition) is 0. The number of para-hydroxylation sites is 1. The van der Waals surface area contributed by atoms with E-state index in [2.05, 4.69) is 27.7 Å². The summed E-state index contributed by atoms with van der Waals surface area (Å²) < 4.78 is 12.9. The molecule has 168 valence electrons. The van der Waals surface area contributed by atoms with Gasteiger partial charge in [-0.1, -0.05) is 18.2 Å². The minimum absolute atomic E-state index is 0.373. The second kappa shape index (κ2) is 7.85. The number of hydrogen-bond acceptors (Lipinski definition) is 6. The van der Waals surface area contributed by atoms with Crippen molar-refractivity contribution in [3.63, 3.8) is 0 Å². The number of pyridine rings is 1.